The molecular weight excluding hydrogens is 415 g/mol. The minimum absolute atomic E-state index is 0.0431. The first-order valence-corrected chi connectivity index (χ1v) is 10.8. The Balaban J connectivity index is 1.34. The highest BCUT2D eigenvalue weighted by molar-refractivity contribution is 5.99. The summed E-state index contributed by atoms with van der Waals surface area (Å²) in [5, 5.41) is 10.5. The summed E-state index contributed by atoms with van der Waals surface area (Å²) in [7, 11) is 1.75. The molecule has 3 N–H and O–H groups in total. The standard InChI is InChI=1S/C22H23FN6O3/c1-24-18-9-17(26-16-8-12(23)7-15-19(16)31-11-22(15)5-6-22)27-20-14(10-25-29(18)20)21(30)28-32-13-3-2-4-13/h7-10,13,24H,2-6,11H2,1H3,(H,26,27)(H,28,30). The summed E-state index contributed by atoms with van der Waals surface area (Å²) in [4.78, 5) is 22.7. The molecule has 2 aromatic heterocycles. The highest BCUT2D eigenvalue weighted by Gasteiger charge is 2.51. The molecule has 166 valence electrons. The molecule has 1 spiro atoms. The van der Waals surface area contributed by atoms with Crippen LogP contribution >= 0.6 is 0 Å². The normalized spacial score (nSPS) is 18.2. The van der Waals surface area contributed by atoms with Crippen LogP contribution in [0.2, 0.25) is 0 Å². The van der Waals surface area contributed by atoms with E-state index in [4.69, 9.17) is 9.57 Å². The summed E-state index contributed by atoms with van der Waals surface area (Å²) in [5.74, 6) is 0.977. The van der Waals surface area contributed by atoms with Crippen LogP contribution in [0.1, 0.15) is 48.0 Å². The molecule has 3 aromatic rings. The molecule has 2 aliphatic carbocycles. The minimum Gasteiger partial charge on any atom is -0.490 e. The molecule has 2 saturated carbocycles. The Morgan fingerprint density at radius 1 is 1.31 bits per heavy atom. The smallest absolute Gasteiger partial charge is 0.280 e. The second-order valence-corrected chi connectivity index (χ2v) is 8.70. The molecule has 6 rings (SSSR count). The number of amides is 1. The molecule has 3 heterocycles. The highest BCUT2D eigenvalue weighted by atomic mass is 19.1. The fourth-order valence-electron chi connectivity index (χ4n) is 4.27. The maximum atomic E-state index is 14.4. The first-order chi connectivity index (χ1) is 15.6. The fraction of sp³-hybridized carbons (Fsp3) is 0.409. The Labute approximate surface area is 183 Å². The molecule has 3 aliphatic rings. The Hall–Kier alpha value is -3.40. The molecule has 0 atom stereocenters. The van der Waals surface area contributed by atoms with Crippen molar-refractivity contribution in [2.24, 2.45) is 0 Å². The van der Waals surface area contributed by atoms with Gasteiger partial charge in [0.05, 0.1) is 24.6 Å². The van der Waals surface area contributed by atoms with Crippen molar-refractivity contribution in [2.75, 3.05) is 24.3 Å². The number of fused-ring (bicyclic) bond motifs is 3. The van der Waals surface area contributed by atoms with E-state index >= 15 is 0 Å². The van der Waals surface area contributed by atoms with Crippen LogP contribution in [0.4, 0.5) is 21.7 Å². The molecule has 10 heteroatoms. The van der Waals surface area contributed by atoms with Gasteiger partial charge in [-0.15, -0.1) is 0 Å². The van der Waals surface area contributed by atoms with Crippen molar-refractivity contribution in [3.8, 4) is 5.75 Å². The van der Waals surface area contributed by atoms with Gasteiger partial charge in [-0.3, -0.25) is 9.63 Å². The largest absolute Gasteiger partial charge is 0.490 e. The number of ether oxygens (including phenoxy) is 1. The summed E-state index contributed by atoms with van der Waals surface area (Å²) in [5.41, 5.74) is 4.51. The zero-order valence-electron chi connectivity index (χ0n) is 17.6. The maximum absolute atomic E-state index is 14.4. The third-order valence-corrected chi connectivity index (χ3v) is 6.58. The number of carbonyl (C=O) groups excluding carboxylic acids is 1. The number of rotatable bonds is 6. The maximum Gasteiger partial charge on any atom is 0.280 e. The zero-order chi connectivity index (χ0) is 21.9. The number of benzene rings is 1. The number of hydrogen-bond donors (Lipinski definition) is 3. The van der Waals surface area contributed by atoms with Crippen molar-refractivity contribution < 1.29 is 18.8 Å². The molecular formula is C22H23FN6O3. The van der Waals surface area contributed by atoms with E-state index in [-0.39, 0.29) is 22.9 Å². The minimum atomic E-state index is -0.413. The second kappa shape index (κ2) is 7.06. The number of nitrogens with zero attached hydrogens (tertiary/aromatic N) is 3. The second-order valence-electron chi connectivity index (χ2n) is 8.70. The lowest BCUT2D eigenvalue weighted by Crippen LogP contribution is -2.33. The molecule has 1 amide bonds. The van der Waals surface area contributed by atoms with Gasteiger partial charge >= 0.3 is 0 Å². The number of aromatic nitrogens is 3. The van der Waals surface area contributed by atoms with Gasteiger partial charge in [-0.25, -0.2) is 14.9 Å². The molecule has 0 unspecified atom stereocenters. The SMILES string of the molecule is CNc1cc(Nc2cc(F)cc3c2OCC32CC2)nc2c(C(=O)NOC3CCC3)cnn12. The van der Waals surface area contributed by atoms with Crippen molar-refractivity contribution in [1.82, 2.24) is 20.1 Å². The van der Waals surface area contributed by atoms with Crippen LogP contribution in [0.3, 0.4) is 0 Å². The van der Waals surface area contributed by atoms with E-state index in [2.05, 4.69) is 26.2 Å². The van der Waals surface area contributed by atoms with Crippen LogP contribution in [0.5, 0.6) is 5.75 Å². The van der Waals surface area contributed by atoms with Crippen LogP contribution in [0, 0.1) is 5.82 Å². The molecule has 1 aromatic carbocycles. The summed E-state index contributed by atoms with van der Waals surface area (Å²) in [6, 6.07) is 4.71. The van der Waals surface area contributed by atoms with Gasteiger partial charge in [-0.05, 0) is 38.2 Å². The Kier molecular flexibility index (Phi) is 4.26. The zero-order valence-corrected chi connectivity index (χ0v) is 17.6. The molecule has 32 heavy (non-hydrogen) atoms. The summed E-state index contributed by atoms with van der Waals surface area (Å²) in [6.45, 7) is 0.572. The first kappa shape index (κ1) is 19.3. The summed E-state index contributed by atoms with van der Waals surface area (Å²) in [6.07, 6.45) is 6.51. The number of hydrogen-bond acceptors (Lipinski definition) is 7. The Morgan fingerprint density at radius 2 is 2.16 bits per heavy atom. The lowest BCUT2D eigenvalue weighted by Gasteiger charge is -2.24. The lowest BCUT2D eigenvalue weighted by atomic mass is 9.97. The van der Waals surface area contributed by atoms with E-state index < -0.39 is 5.91 Å². The lowest BCUT2D eigenvalue weighted by molar-refractivity contribution is -0.0507. The van der Waals surface area contributed by atoms with Crippen molar-refractivity contribution >= 4 is 28.9 Å². The van der Waals surface area contributed by atoms with E-state index in [1.807, 2.05) is 0 Å². The van der Waals surface area contributed by atoms with Gasteiger partial charge in [0.25, 0.3) is 5.91 Å². The quantitative estimate of drug-likeness (QED) is 0.508. The molecule has 0 radical (unpaired) electrons. The molecule has 9 nitrogen and oxygen atoms in total. The first-order valence-electron chi connectivity index (χ1n) is 10.8. The van der Waals surface area contributed by atoms with Crippen LogP contribution in [0.25, 0.3) is 5.65 Å². The van der Waals surface area contributed by atoms with E-state index in [0.29, 0.717) is 35.3 Å². The van der Waals surface area contributed by atoms with Crippen molar-refractivity contribution in [1.29, 1.82) is 0 Å². The van der Waals surface area contributed by atoms with E-state index in [0.717, 1.165) is 37.7 Å². The number of nitrogens with one attached hydrogen (secondary N) is 3. The Bertz CT molecular complexity index is 1230. The van der Waals surface area contributed by atoms with Crippen LogP contribution in [0.15, 0.2) is 24.4 Å². The Morgan fingerprint density at radius 3 is 2.88 bits per heavy atom. The molecule has 1 aliphatic heterocycles. The van der Waals surface area contributed by atoms with Crippen LogP contribution in [-0.4, -0.2) is 40.3 Å². The van der Waals surface area contributed by atoms with Crippen LogP contribution in [-0.2, 0) is 10.3 Å². The van der Waals surface area contributed by atoms with E-state index in [1.165, 1.54) is 16.8 Å². The van der Waals surface area contributed by atoms with Gasteiger partial charge < -0.3 is 15.4 Å². The van der Waals surface area contributed by atoms with Gasteiger partial charge in [0.15, 0.2) is 5.65 Å². The predicted molar refractivity (Wildman–Crippen MR) is 115 cm³/mol. The van der Waals surface area contributed by atoms with Gasteiger partial charge in [0.2, 0.25) is 0 Å². The van der Waals surface area contributed by atoms with E-state index in [9.17, 15) is 9.18 Å². The van der Waals surface area contributed by atoms with Crippen molar-refractivity contribution in [2.45, 2.75) is 43.6 Å². The summed E-state index contributed by atoms with van der Waals surface area (Å²) >= 11 is 0. The monoisotopic (exact) mass is 438 g/mol. The molecule has 0 bridgehead atoms. The van der Waals surface area contributed by atoms with Gasteiger partial charge in [-0.2, -0.15) is 9.61 Å². The van der Waals surface area contributed by atoms with Gasteiger partial charge in [0.1, 0.15) is 28.8 Å². The fourth-order valence-corrected chi connectivity index (χ4v) is 4.27. The number of hydroxylamine groups is 1. The number of anilines is 3. The predicted octanol–water partition coefficient (Wildman–Crippen LogP) is 3.29. The third-order valence-electron chi connectivity index (χ3n) is 6.58. The average Bonchev–Trinajstić information content (AvgIpc) is 3.27. The van der Waals surface area contributed by atoms with E-state index in [1.54, 1.807) is 19.2 Å². The number of halogens is 1. The molecule has 2 fully saturated rings. The number of carbonyl (C=O) groups is 1. The van der Waals surface area contributed by atoms with Gasteiger partial charge in [-0.1, -0.05) is 0 Å². The average molecular weight is 438 g/mol. The van der Waals surface area contributed by atoms with Crippen molar-refractivity contribution in [3.05, 3.63) is 41.3 Å². The topological polar surface area (TPSA) is 102 Å². The van der Waals surface area contributed by atoms with Gasteiger partial charge in [0, 0.05) is 30.2 Å². The van der Waals surface area contributed by atoms with Crippen LogP contribution < -0.4 is 20.9 Å². The van der Waals surface area contributed by atoms with Crippen molar-refractivity contribution in [3.63, 3.8) is 0 Å². The molecule has 0 saturated heterocycles. The third kappa shape index (κ3) is 3.05. The summed E-state index contributed by atoms with van der Waals surface area (Å²) < 4.78 is 21.9. The highest BCUT2D eigenvalue weighted by Crippen LogP contribution is 2.57.